The summed E-state index contributed by atoms with van der Waals surface area (Å²) in [6.45, 7) is 4.60. The summed E-state index contributed by atoms with van der Waals surface area (Å²) in [7, 11) is 0. The van der Waals surface area contributed by atoms with E-state index < -0.39 is 0 Å². The molecule has 0 saturated heterocycles. The highest BCUT2D eigenvalue weighted by atomic mass is 16.5. The lowest BCUT2D eigenvalue weighted by Crippen LogP contribution is -2.08. The molecule has 0 aliphatic rings. The van der Waals surface area contributed by atoms with E-state index in [1.54, 1.807) is 0 Å². The molecule has 0 atom stereocenters. The quantitative estimate of drug-likeness (QED) is 0.781. The molecule has 0 radical (unpaired) electrons. The molecule has 0 saturated carbocycles. The van der Waals surface area contributed by atoms with Crippen LogP contribution in [0.15, 0.2) is 30.5 Å². The van der Waals surface area contributed by atoms with Crippen molar-refractivity contribution in [2.24, 2.45) is 0 Å². The average Bonchev–Trinajstić information content (AvgIpc) is 2.59. The van der Waals surface area contributed by atoms with Crippen molar-refractivity contribution >= 4 is 16.6 Å². The average molecular weight is 204 g/mol. The maximum Gasteiger partial charge on any atom is 0.123 e. The zero-order valence-electron chi connectivity index (χ0n) is 9.10. The summed E-state index contributed by atoms with van der Waals surface area (Å²) < 4.78 is 7.59. The first-order chi connectivity index (χ1) is 7.18. The predicted molar refractivity (Wildman–Crippen MR) is 62.6 cm³/mol. The standard InChI is InChI=1S/C12H16N2O/c1-9(2)15-8-14-7-6-10-4-3-5-11(13)12(10)14/h3-7,9H,8,13H2,1-2H3. The lowest BCUT2D eigenvalue weighted by Gasteiger charge is -2.10. The highest BCUT2D eigenvalue weighted by Crippen LogP contribution is 2.22. The number of fused-ring (bicyclic) bond motifs is 1. The molecule has 0 aliphatic heterocycles. The normalized spacial score (nSPS) is 11.4. The Morgan fingerprint density at radius 1 is 1.33 bits per heavy atom. The maximum absolute atomic E-state index is 5.93. The van der Waals surface area contributed by atoms with Crippen molar-refractivity contribution in [1.29, 1.82) is 0 Å². The zero-order chi connectivity index (χ0) is 10.8. The highest BCUT2D eigenvalue weighted by molar-refractivity contribution is 5.90. The lowest BCUT2D eigenvalue weighted by atomic mass is 10.2. The zero-order valence-corrected chi connectivity index (χ0v) is 9.10. The molecule has 0 fully saturated rings. The molecule has 0 spiro atoms. The Morgan fingerprint density at radius 2 is 2.13 bits per heavy atom. The number of nitrogens with zero attached hydrogens (tertiary/aromatic N) is 1. The van der Waals surface area contributed by atoms with Crippen LogP contribution in [0.4, 0.5) is 5.69 Å². The summed E-state index contributed by atoms with van der Waals surface area (Å²) in [5.74, 6) is 0. The third-order valence-electron chi connectivity index (χ3n) is 2.37. The van der Waals surface area contributed by atoms with Gasteiger partial charge in [-0.25, -0.2) is 0 Å². The Kier molecular flexibility index (Phi) is 2.64. The Labute approximate surface area is 89.4 Å². The Balaban J connectivity index is 2.35. The van der Waals surface area contributed by atoms with Gasteiger partial charge in [0.05, 0.1) is 17.3 Å². The number of hydrogen-bond acceptors (Lipinski definition) is 2. The molecule has 0 aliphatic carbocycles. The van der Waals surface area contributed by atoms with E-state index in [1.165, 1.54) is 0 Å². The van der Waals surface area contributed by atoms with Gasteiger partial charge in [-0.15, -0.1) is 0 Å². The summed E-state index contributed by atoms with van der Waals surface area (Å²) in [6, 6.07) is 7.98. The summed E-state index contributed by atoms with van der Waals surface area (Å²) >= 11 is 0. The number of ether oxygens (including phenoxy) is 1. The molecule has 1 aromatic carbocycles. The largest absolute Gasteiger partial charge is 0.397 e. The van der Waals surface area contributed by atoms with Crippen LogP contribution in [0.5, 0.6) is 0 Å². The molecule has 1 heterocycles. The van der Waals surface area contributed by atoms with Gasteiger partial charge < -0.3 is 15.0 Å². The van der Waals surface area contributed by atoms with Gasteiger partial charge in [0.15, 0.2) is 0 Å². The van der Waals surface area contributed by atoms with E-state index in [2.05, 4.69) is 12.1 Å². The molecule has 2 aromatic rings. The number of nitrogens with two attached hydrogens (primary N) is 1. The molecule has 0 unspecified atom stereocenters. The van der Waals surface area contributed by atoms with Crippen LogP contribution in [0, 0.1) is 0 Å². The van der Waals surface area contributed by atoms with Gasteiger partial charge in [-0.3, -0.25) is 0 Å². The predicted octanol–water partition coefficient (Wildman–Crippen LogP) is 2.61. The number of anilines is 1. The van der Waals surface area contributed by atoms with Crippen LogP contribution in [-0.2, 0) is 11.5 Å². The molecule has 0 bridgehead atoms. The van der Waals surface area contributed by atoms with Crippen LogP contribution in [0.2, 0.25) is 0 Å². The van der Waals surface area contributed by atoms with Crippen LogP contribution >= 0.6 is 0 Å². The number of para-hydroxylation sites is 1. The fourth-order valence-electron chi connectivity index (χ4n) is 1.63. The molecule has 1 aromatic heterocycles. The fourth-order valence-corrected chi connectivity index (χ4v) is 1.63. The van der Waals surface area contributed by atoms with Crippen LogP contribution in [-0.4, -0.2) is 10.7 Å². The summed E-state index contributed by atoms with van der Waals surface area (Å²) in [5.41, 5.74) is 7.78. The van der Waals surface area contributed by atoms with E-state index in [0.29, 0.717) is 6.73 Å². The van der Waals surface area contributed by atoms with E-state index in [-0.39, 0.29) is 6.10 Å². The highest BCUT2D eigenvalue weighted by Gasteiger charge is 2.04. The van der Waals surface area contributed by atoms with Gasteiger partial charge in [-0.05, 0) is 26.0 Å². The monoisotopic (exact) mass is 204 g/mol. The molecule has 2 N–H and O–H groups in total. The van der Waals surface area contributed by atoms with E-state index in [4.69, 9.17) is 10.5 Å². The van der Waals surface area contributed by atoms with Crippen molar-refractivity contribution in [2.75, 3.05) is 5.73 Å². The second-order valence-electron chi connectivity index (χ2n) is 3.92. The number of benzene rings is 1. The number of rotatable bonds is 3. The molecule has 15 heavy (non-hydrogen) atoms. The molecule has 80 valence electrons. The van der Waals surface area contributed by atoms with E-state index in [1.807, 2.05) is 36.7 Å². The SMILES string of the molecule is CC(C)OCn1ccc2cccc(N)c21. The number of aromatic nitrogens is 1. The first-order valence-corrected chi connectivity index (χ1v) is 5.13. The third kappa shape index (κ3) is 1.97. The second kappa shape index (κ2) is 3.95. The Bertz CT molecular complexity index is 460. The van der Waals surface area contributed by atoms with Crippen molar-refractivity contribution < 1.29 is 4.74 Å². The van der Waals surface area contributed by atoms with Crippen molar-refractivity contribution in [3.05, 3.63) is 30.5 Å². The molecule has 2 rings (SSSR count). The van der Waals surface area contributed by atoms with Gasteiger partial charge in [0.2, 0.25) is 0 Å². The maximum atomic E-state index is 5.93. The van der Waals surface area contributed by atoms with Gasteiger partial charge in [-0.2, -0.15) is 0 Å². The van der Waals surface area contributed by atoms with Gasteiger partial charge in [0.25, 0.3) is 0 Å². The van der Waals surface area contributed by atoms with Gasteiger partial charge >= 0.3 is 0 Å². The van der Waals surface area contributed by atoms with E-state index >= 15 is 0 Å². The van der Waals surface area contributed by atoms with E-state index in [9.17, 15) is 0 Å². The second-order valence-corrected chi connectivity index (χ2v) is 3.92. The van der Waals surface area contributed by atoms with Crippen molar-refractivity contribution in [3.8, 4) is 0 Å². The smallest absolute Gasteiger partial charge is 0.123 e. The van der Waals surface area contributed by atoms with Gasteiger partial charge in [0, 0.05) is 11.6 Å². The topological polar surface area (TPSA) is 40.2 Å². The lowest BCUT2D eigenvalue weighted by molar-refractivity contribution is 0.0311. The van der Waals surface area contributed by atoms with Crippen LogP contribution in [0.1, 0.15) is 13.8 Å². The van der Waals surface area contributed by atoms with Crippen molar-refractivity contribution in [3.63, 3.8) is 0 Å². The minimum absolute atomic E-state index is 0.229. The number of nitrogen functional groups attached to an aromatic ring is 1. The number of hydrogen-bond donors (Lipinski definition) is 1. The van der Waals surface area contributed by atoms with Gasteiger partial charge in [-0.1, -0.05) is 12.1 Å². The summed E-state index contributed by atoms with van der Waals surface area (Å²) in [5, 5.41) is 1.15. The molecule has 3 heteroatoms. The minimum atomic E-state index is 0.229. The molecular formula is C12H16N2O. The van der Waals surface area contributed by atoms with Gasteiger partial charge in [0.1, 0.15) is 6.73 Å². The van der Waals surface area contributed by atoms with Crippen molar-refractivity contribution in [1.82, 2.24) is 4.57 Å². The molecule has 0 amide bonds. The van der Waals surface area contributed by atoms with E-state index in [0.717, 1.165) is 16.6 Å². The summed E-state index contributed by atoms with van der Waals surface area (Å²) in [6.07, 6.45) is 2.23. The van der Waals surface area contributed by atoms with Crippen LogP contribution < -0.4 is 5.73 Å². The van der Waals surface area contributed by atoms with Crippen LogP contribution in [0.3, 0.4) is 0 Å². The molecule has 3 nitrogen and oxygen atoms in total. The first kappa shape index (κ1) is 10.1. The Hall–Kier alpha value is -1.48. The van der Waals surface area contributed by atoms with Crippen molar-refractivity contribution in [2.45, 2.75) is 26.7 Å². The fraction of sp³-hybridized carbons (Fsp3) is 0.333. The minimum Gasteiger partial charge on any atom is -0.397 e. The van der Waals surface area contributed by atoms with Crippen LogP contribution in [0.25, 0.3) is 10.9 Å². The third-order valence-corrected chi connectivity index (χ3v) is 2.37. The first-order valence-electron chi connectivity index (χ1n) is 5.13. The summed E-state index contributed by atoms with van der Waals surface area (Å²) in [4.78, 5) is 0. The Morgan fingerprint density at radius 3 is 2.87 bits per heavy atom. The molecular weight excluding hydrogens is 188 g/mol.